The minimum atomic E-state index is -1.06. The molecule has 8 heteroatoms. The van der Waals surface area contributed by atoms with Gasteiger partial charge in [-0.25, -0.2) is 9.67 Å². The first-order valence-corrected chi connectivity index (χ1v) is 11.1. The molecule has 5 N–H and O–H groups in total. The number of hydrogen-bond acceptors (Lipinski definition) is 5. The number of hydrogen-bond donors (Lipinski definition) is 4. The van der Waals surface area contributed by atoms with Crippen LogP contribution in [-0.2, 0) is 12.0 Å². The van der Waals surface area contributed by atoms with Crippen molar-refractivity contribution in [1.82, 2.24) is 20.4 Å². The topological polar surface area (TPSA) is 124 Å². The van der Waals surface area contributed by atoms with Gasteiger partial charge in [-0.05, 0) is 44.4 Å². The number of aliphatic hydroxyl groups is 1. The Hall–Kier alpha value is -3.83. The van der Waals surface area contributed by atoms with Crippen molar-refractivity contribution in [2.75, 3.05) is 25.4 Å². The highest BCUT2D eigenvalue weighted by molar-refractivity contribution is 5.79. The van der Waals surface area contributed by atoms with Gasteiger partial charge in [0.1, 0.15) is 23.1 Å². The molecule has 0 saturated heterocycles. The lowest BCUT2D eigenvalue weighted by molar-refractivity contribution is 0.0672. The number of aliphatic imine (C=N–C) groups is 1. The number of nitrogens with two attached hydrogens (primary N) is 1. The average Bonchev–Trinajstić information content (AvgIpc) is 3.16. The second-order valence-electron chi connectivity index (χ2n) is 7.93. The average molecular weight is 446 g/mol. The zero-order valence-corrected chi connectivity index (χ0v) is 19.1. The first-order valence-electron chi connectivity index (χ1n) is 11.1. The largest absolute Gasteiger partial charge is 0.384 e. The number of nitrogens with zero attached hydrogens (tertiary/aromatic N) is 4. The molecule has 0 spiro atoms. The van der Waals surface area contributed by atoms with Crippen molar-refractivity contribution in [1.29, 1.82) is 5.26 Å². The highest BCUT2D eigenvalue weighted by Gasteiger charge is 2.22. The van der Waals surface area contributed by atoms with Crippen LogP contribution in [0.4, 0.5) is 5.82 Å². The van der Waals surface area contributed by atoms with Crippen LogP contribution in [0.25, 0.3) is 5.69 Å². The number of para-hydroxylation sites is 1. The fourth-order valence-electron chi connectivity index (χ4n) is 3.47. The summed E-state index contributed by atoms with van der Waals surface area (Å²) in [5, 5.41) is 31.4. The van der Waals surface area contributed by atoms with Crippen molar-refractivity contribution in [3.63, 3.8) is 0 Å². The summed E-state index contributed by atoms with van der Waals surface area (Å²) in [6, 6.07) is 21.2. The van der Waals surface area contributed by atoms with Crippen molar-refractivity contribution in [2.45, 2.75) is 32.3 Å². The van der Waals surface area contributed by atoms with Crippen LogP contribution >= 0.6 is 0 Å². The predicted molar refractivity (Wildman–Crippen MR) is 131 cm³/mol. The Balaban J connectivity index is 1.60. The fraction of sp³-hybridized carbons (Fsp3) is 0.320. The molecule has 1 heterocycles. The first kappa shape index (κ1) is 23.8. The van der Waals surface area contributed by atoms with Gasteiger partial charge in [0.05, 0.1) is 17.9 Å². The number of nitrogens with one attached hydrogen (secondary N) is 2. The lowest BCUT2D eigenvalue weighted by Crippen LogP contribution is -2.39. The number of nitrogen functional groups attached to an aromatic ring is 1. The molecule has 0 aliphatic heterocycles. The van der Waals surface area contributed by atoms with Gasteiger partial charge in [-0.15, -0.1) is 0 Å². The molecule has 0 bridgehead atoms. The zero-order valence-electron chi connectivity index (χ0n) is 19.1. The summed E-state index contributed by atoms with van der Waals surface area (Å²) in [6.45, 7) is 5.30. The van der Waals surface area contributed by atoms with Crippen LogP contribution in [0.15, 0.2) is 65.7 Å². The van der Waals surface area contributed by atoms with Gasteiger partial charge in [0, 0.05) is 13.1 Å². The van der Waals surface area contributed by atoms with Crippen LogP contribution in [0.1, 0.15) is 37.1 Å². The molecule has 3 rings (SSSR count). The second kappa shape index (κ2) is 11.2. The molecule has 1 aromatic heterocycles. The number of rotatable bonds is 9. The minimum absolute atomic E-state index is 0.225. The summed E-state index contributed by atoms with van der Waals surface area (Å²) in [5.74, 6) is 0.980. The third-order valence-electron chi connectivity index (χ3n) is 5.27. The highest BCUT2D eigenvalue weighted by atomic mass is 16.3. The van der Waals surface area contributed by atoms with Crippen LogP contribution in [0.5, 0.6) is 0 Å². The molecule has 0 saturated carbocycles. The van der Waals surface area contributed by atoms with Crippen LogP contribution in [-0.4, -0.2) is 40.5 Å². The van der Waals surface area contributed by atoms with E-state index in [9.17, 15) is 10.4 Å². The Morgan fingerprint density at radius 2 is 1.82 bits per heavy atom. The monoisotopic (exact) mass is 445 g/mol. The van der Waals surface area contributed by atoms with E-state index in [0.29, 0.717) is 42.5 Å². The third-order valence-corrected chi connectivity index (χ3v) is 5.27. The Labute approximate surface area is 194 Å². The van der Waals surface area contributed by atoms with Crippen molar-refractivity contribution < 1.29 is 5.11 Å². The molecule has 0 aliphatic carbocycles. The van der Waals surface area contributed by atoms with Gasteiger partial charge in [0.2, 0.25) is 0 Å². The molecule has 33 heavy (non-hydrogen) atoms. The number of nitriles is 1. The number of benzene rings is 2. The highest BCUT2D eigenvalue weighted by Crippen LogP contribution is 2.22. The Bertz CT molecular complexity index is 1100. The van der Waals surface area contributed by atoms with Crippen molar-refractivity contribution in [3.05, 3.63) is 77.5 Å². The van der Waals surface area contributed by atoms with Crippen LogP contribution in [0.2, 0.25) is 0 Å². The van der Waals surface area contributed by atoms with E-state index in [0.717, 1.165) is 17.7 Å². The molecule has 0 amide bonds. The van der Waals surface area contributed by atoms with Gasteiger partial charge in [0.25, 0.3) is 0 Å². The van der Waals surface area contributed by atoms with Crippen molar-refractivity contribution in [3.8, 4) is 11.8 Å². The SMILES string of the molecule is CCNC(=NCC(C)(O)c1ccccc1)NCCCc1nn(-c2ccccc2)c(N)c1C#N. The van der Waals surface area contributed by atoms with Gasteiger partial charge in [-0.1, -0.05) is 48.5 Å². The third kappa shape index (κ3) is 6.11. The number of guanidine groups is 1. The van der Waals surface area contributed by atoms with E-state index in [-0.39, 0.29) is 6.54 Å². The maximum Gasteiger partial charge on any atom is 0.191 e. The summed E-state index contributed by atoms with van der Waals surface area (Å²) in [4.78, 5) is 4.55. The van der Waals surface area contributed by atoms with E-state index in [2.05, 4.69) is 26.8 Å². The molecule has 3 aromatic rings. The van der Waals surface area contributed by atoms with E-state index in [4.69, 9.17) is 5.73 Å². The van der Waals surface area contributed by atoms with E-state index in [1.807, 2.05) is 67.6 Å². The van der Waals surface area contributed by atoms with Gasteiger partial charge in [0.15, 0.2) is 5.96 Å². The van der Waals surface area contributed by atoms with Gasteiger partial charge >= 0.3 is 0 Å². The number of aromatic nitrogens is 2. The molecular weight excluding hydrogens is 414 g/mol. The molecule has 1 unspecified atom stereocenters. The summed E-state index contributed by atoms with van der Waals surface area (Å²) in [7, 11) is 0. The Morgan fingerprint density at radius 3 is 2.45 bits per heavy atom. The zero-order chi connectivity index (χ0) is 23.7. The Kier molecular flexibility index (Phi) is 8.06. The van der Waals surface area contributed by atoms with E-state index >= 15 is 0 Å². The molecule has 2 aromatic carbocycles. The van der Waals surface area contributed by atoms with Gasteiger partial charge in [-0.2, -0.15) is 10.4 Å². The minimum Gasteiger partial charge on any atom is -0.384 e. The summed E-state index contributed by atoms with van der Waals surface area (Å²) < 4.78 is 1.61. The molecular formula is C25H31N7O. The smallest absolute Gasteiger partial charge is 0.191 e. The van der Waals surface area contributed by atoms with Crippen LogP contribution in [0, 0.1) is 11.3 Å². The fourth-order valence-corrected chi connectivity index (χ4v) is 3.47. The van der Waals surface area contributed by atoms with Crippen LogP contribution in [0.3, 0.4) is 0 Å². The maximum absolute atomic E-state index is 10.8. The summed E-state index contributed by atoms with van der Waals surface area (Å²) in [6.07, 6.45) is 1.33. The molecule has 8 nitrogen and oxygen atoms in total. The molecule has 0 aliphatic rings. The quantitative estimate of drug-likeness (QED) is 0.228. The lowest BCUT2D eigenvalue weighted by Gasteiger charge is -2.22. The Morgan fingerprint density at radius 1 is 1.15 bits per heavy atom. The van der Waals surface area contributed by atoms with Crippen molar-refractivity contribution >= 4 is 11.8 Å². The van der Waals surface area contributed by atoms with Gasteiger partial charge < -0.3 is 21.5 Å². The molecule has 0 fully saturated rings. The van der Waals surface area contributed by atoms with Crippen molar-refractivity contribution in [2.24, 2.45) is 4.99 Å². The normalized spacial score (nSPS) is 13.2. The number of aryl methyl sites for hydroxylation is 1. The first-order chi connectivity index (χ1) is 16.0. The molecule has 1 atom stereocenters. The summed E-state index contributed by atoms with van der Waals surface area (Å²) in [5.41, 5.74) is 7.85. The maximum atomic E-state index is 10.8. The predicted octanol–water partition coefficient (Wildman–Crippen LogP) is 2.72. The standard InChI is InChI=1S/C25H31N7O/c1-3-28-24(30-18-25(2,33)19-11-6-4-7-12-19)29-16-10-15-22-21(17-26)23(27)32(31-22)20-13-8-5-9-14-20/h4-9,11-14,33H,3,10,15-16,18,27H2,1-2H3,(H2,28,29,30). The number of anilines is 1. The van der Waals surface area contributed by atoms with E-state index in [1.54, 1.807) is 11.6 Å². The molecule has 0 radical (unpaired) electrons. The van der Waals surface area contributed by atoms with E-state index < -0.39 is 5.60 Å². The van der Waals surface area contributed by atoms with Gasteiger partial charge in [-0.3, -0.25) is 0 Å². The summed E-state index contributed by atoms with van der Waals surface area (Å²) >= 11 is 0. The van der Waals surface area contributed by atoms with Crippen LogP contribution < -0.4 is 16.4 Å². The lowest BCUT2D eigenvalue weighted by atomic mass is 9.96. The second-order valence-corrected chi connectivity index (χ2v) is 7.93. The van der Waals surface area contributed by atoms with E-state index in [1.165, 1.54) is 0 Å². The molecule has 172 valence electrons.